The lowest BCUT2D eigenvalue weighted by Gasteiger charge is -2.41. The molecule has 9 nitrogen and oxygen atoms in total. The first kappa shape index (κ1) is 25.4. The normalized spacial score (nSPS) is 16.2. The van der Waals surface area contributed by atoms with Gasteiger partial charge in [-0.3, -0.25) is 9.59 Å². The maximum absolute atomic E-state index is 12.9. The number of carbonyl (C=O) groups is 2. The van der Waals surface area contributed by atoms with Crippen LogP contribution in [0.4, 0.5) is 19.0 Å². The third kappa shape index (κ3) is 5.76. The van der Waals surface area contributed by atoms with E-state index in [0.29, 0.717) is 33.3 Å². The highest BCUT2D eigenvalue weighted by Crippen LogP contribution is 2.29. The molecule has 0 bridgehead atoms. The maximum atomic E-state index is 12.9. The van der Waals surface area contributed by atoms with Crippen molar-refractivity contribution in [3.63, 3.8) is 0 Å². The molecule has 3 aromatic rings. The lowest BCUT2D eigenvalue weighted by atomic mass is 10.1. The monoisotopic (exact) mass is 521 g/mol. The van der Waals surface area contributed by atoms with E-state index in [1.807, 2.05) is 5.32 Å². The van der Waals surface area contributed by atoms with Crippen LogP contribution in [-0.2, 0) is 9.59 Å². The highest BCUT2D eigenvalue weighted by Gasteiger charge is 2.37. The third-order valence-corrected chi connectivity index (χ3v) is 5.75. The summed E-state index contributed by atoms with van der Waals surface area (Å²) in [6.07, 6.45) is 1.54. The number of aromatic nitrogens is 4. The molecular formula is C23H23ClF3N7O2. The van der Waals surface area contributed by atoms with E-state index in [-0.39, 0.29) is 25.5 Å². The minimum atomic E-state index is -4.57. The highest BCUT2D eigenvalue weighted by molar-refractivity contribution is 6.31. The number of rotatable bonds is 5. The molecule has 0 radical (unpaired) electrons. The van der Waals surface area contributed by atoms with Gasteiger partial charge in [0.15, 0.2) is 5.82 Å². The number of nitrogens with one attached hydrogen (secondary N) is 2. The van der Waals surface area contributed by atoms with Gasteiger partial charge >= 0.3 is 6.18 Å². The Morgan fingerprint density at radius 3 is 2.78 bits per heavy atom. The summed E-state index contributed by atoms with van der Waals surface area (Å²) < 4.78 is 38.3. The molecule has 13 heteroatoms. The largest absolute Gasteiger partial charge is 0.405 e. The van der Waals surface area contributed by atoms with Crippen molar-refractivity contribution < 1.29 is 22.8 Å². The number of pyridine rings is 1. The number of alkyl halides is 3. The Morgan fingerprint density at radius 2 is 2.06 bits per heavy atom. The number of amides is 2. The number of halogens is 4. The molecule has 1 fully saturated rings. The molecule has 0 saturated carbocycles. The van der Waals surface area contributed by atoms with E-state index < -0.39 is 24.7 Å². The quantitative estimate of drug-likeness (QED) is 0.499. The van der Waals surface area contributed by atoms with Gasteiger partial charge in [-0.1, -0.05) is 17.2 Å². The van der Waals surface area contributed by atoms with E-state index in [9.17, 15) is 22.8 Å². The second-order valence-electron chi connectivity index (χ2n) is 8.54. The van der Waals surface area contributed by atoms with Crippen molar-refractivity contribution in [2.75, 3.05) is 31.1 Å². The molecule has 0 aliphatic carbocycles. The molecular weight excluding hydrogens is 499 g/mol. The van der Waals surface area contributed by atoms with Gasteiger partial charge in [0.05, 0.1) is 11.6 Å². The molecule has 3 aromatic heterocycles. The fraction of sp³-hybridized carbons (Fsp3) is 0.348. The van der Waals surface area contributed by atoms with Crippen LogP contribution in [0.3, 0.4) is 0 Å². The first-order valence-electron chi connectivity index (χ1n) is 11.0. The zero-order valence-corrected chi connectivity index (χ0v) is 20.2. The molecule has 36 heavy (non-hydrogen) atoms. The van der Waals surface area contributed by atoms with Gasteiger partial charge < -0.3 is 20.1 Å². The Hall–Kier alpha value is -3.67. The molecule has 0 aromatic carbocycles. The first-order chi connectivity index (χ1) is 17.0. The number of allylic oxidation sites excluding steroid dienone is 1. The third-order valence-electron chi connectivity index (χ3n) is 5.54. The van der Waals surface area contributed by atoms with Gasteiger partial charge in [-0.25, -0.2) is 15.0 Å². The zero-order chi connectivity index (χ0) is 26.0. The van der Waals surface area contributed by atoms with Crippen LogP contribution in [0.1, 0.15) is 13.8 Å². The minimum Gasteiger partial charge on any atom is -0.345 e. The fourth-order valence-corrected chi connectivity index (χ4v) is 4.08. The number of hydrogen-bond acceptors (Lipinski definition) is 6. The first-order valence-corrected chi connectivity index (χ1v) is 11.4. The number of fused-ring (bicyclic) bond motifs is 1. The summed E-state index contributed by atoms with van der Waals surface area (Å²) >= 11 is 6.09. The molecule has 4 heterocycles. The van der Waals surface area contributed by atoms with E-state index in [2.05, 4.69) is 19.9 Å². The van der Waals surface area contributed by atoms with Crippen LogP contribution >= 0.6 is 11.6 Å². The van der Waals surface area contributed by atoms with Gasteiger partial charge in [0.25, 0.3) is 0 Å². The average Bonchev–Trinajstić information content (AvgIpc) is 3.24. The Labute approximate surface area is 209 Å². The van der Waals surface area contributed by atoms with Gasteiger partial charge in [0, 0.05) is 48.7 Å². The SMILES string of the molecule is CC(C)=CC(=O)N1CCN(c2ccnc(-c3c[nH]c4ncc(Cl)cc34)n2)[C@@H](C(=O)NCC(F)(F)F)C1. The topological polar surface area (TPSA) is 107 Å². The molecule has 1 saturated heterocycles. The number of nitrogens with zero attached hydrogens (tertiary/aromatic N) is 5. The van der Waals surface area contributed by atoms with E-state index in [1.54, 1.807) is 37.1 Å². The van der Waals surface area contributed by atoms with Crippen LogP contribution < -0.4 is 10.2 Å². The number of H-pyrrole nitrogens is 1. The fourth-order valence-electron chi connectivity index (χ4n) is 3.93. The molecule has 1 aliphatic rings. The zero-order valence-electron chi connectivity index (χ0n) is 19.4. The van der Waals surface area contributed by atoms with Crippen molar-refractivity contribution in [2.24, 2.45) is 0 Å². The van der Waals surface area contributed by atoms with Crippen molar-refractivity contribution >= 4 is 40.3 Å². The summed E-state index contributed by atoms with van der Waals surface area (Å²) in [5.74, 6) is -0.508. The van der Waals surface area contributed by atoms with Crippen molar-refractivity contribution in [3.05, 3.63) is 47.4 Å². The van der Waals surface area contributed by atoms with Crippen molar-refractivity contribution in [2.45, 2.75) is 26.1 Å². The van der Waals surface area contributed by atoms with Crippen molar-refractivity contribution in [1.29, 1.82) is 0 Å². The Kier molecular flexibility index (Phi) is 7.16. The van der Waals surface area contributed by atoms with E-state index in [1.165, 1.54) is 23.4 Å². The lowest BCUT2D eigenvalue weighted by molar-refractivity contribution is -0.140. The predicted molar refractivity (Wildman–Crippen MR) is 128 cm³/mol. The molecule has 4 rings (SSSR count). The van der Waals surface area contributed by atoms with Gasteiger partial charge in [-0.15, -0.1) is 0 Å². The lowest BCUT2D eigenvalue weighted by Crippen LogP contribution is -2.61. The van der Waals surface area contributed by atoms with Crippen LogP contribution in [0, 0.1) is 0 Å². The van der Waals surface area contributed by atoms with E-state index >= 15 is 0 Å². The minimum absolute atomic E-state index is 0.0990. The van der Waals surface area contributed by atoms with Gasteiger partial charge in [-0.05, 0) is 26.0 Å². The van der Waals surface area contributed by atoms with Gasteiger partial charge in [-0.2, -0.15) is 13.2 Å². The van der Waals surface area contributed by atoms with Gasteiger partial charge in [0.2, 0.25) is 11.8 Å². The Bertz CT molecular complexity index is 1320. The predicted octanol–water partition coefficient (Wildman–Crippen LogP) is 3.34. The second-order valence-corrected chi connectivity index (χ2v) is 8.98. The highest BCUT2D eigenvalue weighted by atomic mass is 35.5. The summed E-state index contributed by atoms with van der Waals surface area (Å²) in [7, 11) is 0. The molecule has 0 unspecified atom stereocenters. The number of piperazine rings is 1. The summed E-state index contributed by atoms with van der Waals surface area (Å²) in [4.78, 5) is 44.6. The number of aromatic amines is 1. The smallest absolute Gasteiger partial charge is 0.345 e. The Morgan fingerprint density at radius 1 is 1.28 bits per heavy atom. The molecule has 190 valence electrons. The van der Waals surface area contributed by atoms with Crippen LogP contribution in [0.2, 0.25) is 5.02 Å². The van der Waals surface area contributed by atoms with E-state index in [0.717, 1.165) is 5.57 Å². The summed E-state index contributed by atoms with van der Waals surface area (Å²) in [5.41, 5.74) is 1.98. The second kappa shape index (κ2) is 10.1. The van der Waals surface area contributed by atoms with Crippen molar-refractivity contribution in [3.8, 4) is 11.4 Å². The average molecular weight is 522 g/mol. The van der Waals surface area contributed by atoms with Crippen molar-refractivity contribution in [1.82, 2.24) is 30.2 Å². The summed E-state index contributed by atoms with van der Waals surface area (Å²) in [5, 5.41) is 3.05. The summed E-state index contributed by atoms with van der Waals surface area (Å²) in [6.45, 7) is 2.39. The van der Waals surface area contributed by atoms with Crippen LogP contribution in [-0.4, -0.2) is 75.0 Å². The van der Waals surface area contributed by atoms with Crippen LogP contribution in [0.25, 0.3) is 22.4 Å². The molecule has 0 spiro atoms. The number of hydrogen-bond donors (Lipinski definition) is 2. The maximum Gasteiger partial charge on any atom is 0.405 e. The van der Waals surface area contributed by atoms with Crippen LogP contribution in [0.5, 0.6) is 0 Å². The van der Waals surface area contributed by atoms with Gasteiger partial charge in [0.1, 0.15) is 24.1 Å². The molecule has 1 aliphatic heterocycles. The standard InChI is InChI=1S/C23H23ClF3N7O2/c1-13(2)7-19(35)33-5-6-34(17(11-33)22(36)31-12-23(25,26)27)18-3-4-28-21(32-18)16-10-30-20-15(16)8-14(24)9-29-20/h3-4,7-10,17H,5-6,11-12H2,1-2H3,(H,29,30)(H,31,36)/t17-/m1/s1. The summed E-state index contributed by atoms with van der Waals surface area (Å²) in [6, 6.07) is 2.20. The Balaban J connectivity index is 1.66. The number of carbonyl (C=O) groups excluding carboxylic acids is 2. The van der Waals surface area contributed by atoms with E-state index in [4.69, 9.17) is 11.6 Å². The number of anilines is 1. The molecule has 2 N–H and O–H groups in total. The molecule has 1 atom stereocenters. The molecule has 2 amide bonds. The van der Waals surface area contributed by atoms with Crippen LogP contribution in [0.15, 0.2) is 42.4 Å².